The first-order chi connectivity index (χ1) is 31.4. The molecule has 0 aromatic carbocycles. The standard InChI is InChI=1S/C37H62N2O28/c1-9-19(48)23(52)24(53)34(59-9)64-29-18(39-11(3)45)33(65-30-21(50)14(6-41)60-32(56)25(30)54)62-16(8-43)27(29)63-35-26(55)31(22(51)15(7-42)61-35)67-37(36(57)58)4-12(46)17(38-10(2)44)28(66-37)20(49)13(47)5-40/h9,12-35,40-43,46-56H,4-8H2,1-3H3,(H,38,44)(H,39,45)(H,57,58)/t9-,12-,13+,14+,15+,16+,17+,18+,19-,20+,21-,22-,23+,24+,25+,26+,27+,28+,29+,30-,31-,32+,33-,34-,35-,37-/m0/s1. The summed E-state index contributed by atoms with van der Waals surface area (Å²) < 4.78 is 51.7. The van der Waals surface area contributed by atoms with Crippen LogP contribution in [0.1, 0.15) is 27.2 Å². The predicted molar refractivity (Wildman–Crippen MR) is 206 cm³/mol. The smallest absolute Gasteiger partial charge is 0.364 e. The second-order valence-electron chi connectivity index (χ2n) is 16.8. The number of carboxylic acids is 1. The van der Waals surface area contributed by atoms with Crippen LogP contribution < -0.4 is 10.6 Å². The molecule has 5 fully saturated rings. The number of aliphatic carboxylic acids is 1. The van der Waals surface area contributed by atoms with Crippen molar-refractivity contribution in [2.45, 2.75) is 186 Å². The Hall–Kier alpha value is -2.55. The Bertz CT molecular complexity index is 1640. The second kappa shape index (κ2) is 23.1. The molecule has 0 aliphatic carbocycles. The van der Waals surface area contributed by atoms with Crippen LogP contribution in [0.15, 0.2) is 0 Å². The van der Waals surface area contributed by atoms with E-state index in [9.17, 15) is 96.1 Å². The number of aliphatic hydroxyl groups excluding tert-OH is 15. The van der Waals surface area contributed by atoms with E-state index >= 15 is 0 Å². The van der Waals surface area contributed by atoms with E-state index in [-0.39, 0.29) is 0 Å². The van der Waals surface area contributed by atoms with Crippen LogP contribution in [0.25, 0.3) is 0 Å². The van der Waals surface area contributed by atoms with Crippen LogP contribution in [0.4, 0.5) is 0 Å². The maximum absolute atomic E-state index is 13.0. The summed E-state index contributed by atoms with van der Waals surface area (Å²) in [6.07, 6.45) is -46.7. The lowest BCUT2D eigenvalue weighted by Crippen LogP contribution is -2.72. The quantitative estimate of drug-likeness (QED) is 0.0643. The zero-order valence-electron chi connectivity index (χ0n) is 36.0. The lowest BCUT2D eigenvalue weighted by molar-refractivity contribution is -0.396. The summed E-state index contributed by atoms with van der Waals surface area (Å²) >= 11 is 0. The first-order valence-electron chi connectivity index (χ1n) is 21.1. The summed E-state index contributed by atoms with van der Waals surface area (Å²) in [5, 5.41) is 175. The minimum atomic E-state index is -3.20. The van der Waals surface area contributed by atoms with Gasteiger partial charge in [-0.05, 0) is 6.92 Å². The van der Waals surface area contributed by atoms with Gasteiger partial charge >= 0.3 is 5.97 Å². The van der Waals surface area contributed by atoms with E-state index in [1.807, 2.05) is 0 Å². The molecule has 5 rings (SSSR count). The number of carbonyl (C=O) groups excluding carboxylic acids is 2. The van der Waals surface area contributed by atoms with E-state index in [0.717, 1.165) is 13.8 Å². The molecule has 30 heteroatoms. The van der Waals surface area contributed by atoms with E-state index in [4.69, 9.17) is 42.6 Å². The van der Waals surface area contributed by atoms with Crippen LogP contribution in [0.5, 0.6) is 0 Å². The van der Waals surface area contributed by atoms with Gasteiger partial charge in [0.15, 0.2) is 25.2 Å². The van der Waals surface area contributed by atoms with Gasteiger partial charge in [0.25, 0.3) is 5.79 Å². The van der Waals surface area contributed by atoms with Crippen molar-refractivity contribution in [1.29, 1.82) is 0 Å². The third-order valence-corrected chi connectivity index (χ3v) is 12.1. The second-order valence-corrected chi connectivity index (χ2v) is 16.8. The van der Waals surface area contributed by atoms with Gasteiger partial charge in [-0.1, -0.05) is 0 Å². The lowest BCUT2D eigenvalue weighted by atomic mass is 9.88. The van der Waals surface area contributed by atoms with Crippen LogP contribution in [0, 0.1) is 0 Å². The van der Waals surface area contributed by atoms with Crippen LogP contribution in [0.2, 0.25) is 0 Å². The number of aliphatic hydroxyl groups is 15. The maximum Gasteiger partial charge on any atom is 0.364 e. The van der Waals surface area contributed by atoms with E-state index < -0.39 is 210 Å². The third-order valence-electron chi connectivity index (χ3n) is 12.1. The summed E-state index contributed by atoms with van der Waals surface area (Å²) in [7, 11) is 0. The molecule has 5 aliphatic heterocycles. The highest BCUT2D eigenvalue weighted by Crippen LogP contribution is 2.40. The van der Waals surface area contributed by atoms with Gasteiger partial charge in [0.1, 0.15) is 110 Å². The Labute approximate surface area is 379 Å². The molecule has 0 bridgehead atoms. The van der Waals surface area contributed by atoms with Gasteiger partial charge in [-0.2, -0.15) is 0 Å². The number of hydrogen-bond acceptors (Lipinski definition) is 27. The molecule has 67 heavy (non-hydrogen) atoms. The Morgan fingerprint density at radius 1 is 0.612 bits per heavy atom. The van der Waals surface area contributed by atoms with Gasteiger partial charge in [-0.15, -0.1) is 0 Å². The van der Waals surface area contributed by atoms with E-state index in [2.05, 4.69) is 10.6 Å². The molecule has 0 unspecified atom stereocenters. The zero-order chi connectivity index (χ0) is 50.0. The van der Waals surface area contributed by atoms with Crippen molar-refractivity contribution in [3.63, 3.8) is 0 Å². The predicted octanol–water partition coefficient (Wildman–Crippen LogP) is -11.4. The van der Waals surface area contributed by atoms with Gasteiger partial charge < -0.3 is 135 Å². The highest BCUT2D eigenvalue weighted by molar-refractivity contribution is 5.76. The fourth-order valence-corrected chi connectivity index (χ4v) is 8.47. The Kier molecular flexibility index (Phi) is 19.1. The van der Waals surface area contributed by atoms with Crippen LogP contribution in [0.3, 0.4) is 0 Å². The average Bonchev–Trinajstić information content (AvgIpc) is 3.28. The van der Waals surface area contributed by atoms with Crippen molar-refractivity contribution in [2.75, 3.05) is 26.4 Å². The molecule has 0 spiro atoms. The zero-order valence-corrected chi connectivity index (χ0v) is 36.0. The highest BCUT2D eigenvalue weighted by Gasteiger charge is 2.61. The molecule has 0 aromatic heterocycles. The van der Waals surface area contributed by atoms with Crippen molar-refractivity contribution < 1.29 is 139 Å². The number of amides is 2. The van der Waals surface area contributed by atoms with Gasteiger partial charge in [0.05, 0.1) is 44.7 Å². The molecule has 0 radical (unpaired) electrons. The number of carbonyl (C=O) groups is 3. The molecule has 0 aromatic rings. The first-order valence-corrected chi connectivity index (χ1v) is 21.1. The molecule has 5 heterocycles. The molecule has 18 N–H and O–H groups in total. The fourth-order valence-electron chi connectivity index (χ4n) is 8.47. The molecule has 5 saturated heterocycles. The fraction of sp³-hybridized carbons (Fsp3) is 0.919. The van der Waals surface area contributed by atoms with Crippen LogP contribution in [-0.4, -0.2) is 285 Å². The van der Waals surface area contributed by atoms with Gasteiger partial charge in [0.2, 0.25) is 11.8 Å². The van der Waals surface area contributed by atoms with E-state index in [1.54, 1.807) is 0 Å². The molecule has 0 saturated carbocycles. The molecule has 388 valence electrons. The topological polar surface area (TPSA) is 482 Å². The molecular formula is C37H62N2O28. The average molecular weight is 983 g/mol. The minimum absolute atomic E-state index is 0.817. The molecule has 5 aliphatic rings. The number of ether oxygens (including phenoxy) is 9. The van der Waals surface area contributed by atoms with Crippen molar-refractivity contribution in [3.8, 4) is 0 Å². The van der Waals surface area contributed by atoms with Crippen molar-refractivity contribution in [3.05, 3.63) is 0 Å². The van der Waals surface area contributed by atoms with E-state index in [0.29, 0.717) is 0 Å². The van der Waals surface area contributed by atoms with Crippen LogP contribution in [-0.2, 0) is 57.0 Å². The Morgan fingerprint density at radius 3 is 1.70 bits per heavy atom. The van der Waals surface area contributed by atoms with E-state index in [1.165, 1.54) is 6.92 Å². The van der Waals surface area contributed by atoms with Gasteiger partial charge in [0, 0.05) is 20.3 Å². The molecular weight excluding hydrogens is 920 g/mol. The van der Waals surface area contributed by atoms with Crippen molar-refractivity contribution in [2.24, 2.45) is 0 Å². The van der Waals surface area contributed by atoms with Gasteiger partial charge in [-0.3, -0.25) is 9.59 Å². The Balaban J connectivity index is 1.55. The monoisotopic (exact) mass is 982 g/mol. The largest absolute Gasteiger partial charge is 0.477 e. The SMILES string of the molecule is CC(=O)N[C@H]1[C@H](O[C@@H]2[C@@H](O)[C@H](O)O[C@H](CO)[C@@H]2O)O[C@H](CO)[C@@H](O[C@@H]2O[C@H](CO)[C@H](O)[C@H](O[C@]3(C(=O)O)C[C@H](O)[C@@H](NC(C)=O)[C@H]([C@H](O)[C@H](O)CO)O3)[C@H]2O)[C@@H]1O[C@@H]1O[C@@H](C)[C@H](O)[C@@H](O)[C@H]1O. The summed E-state index contributed by atoms with van der Waals surface area (Å²) in [5.41, 5.74) is 0. The van der Waals surface area contributed by atoms with Gasteiger partial charge in [-0.25, -0.2) is 4.79 Å². The number of carboxylic acid groups (broad SMARTS) is 1. The summed E-state index contributed by atoms with van der Waals surface area (Å²) in [5.74, 6) is -6.97. The van der Waals surface area contributed by atoms with Crippen LogP contribution >= 0.6 is 0 Å². The third kappa shape index (κ3) is 11.8. The Morgan fingerprint density at radius 2 is 1.13 bits per heavy atom. The lowest BCUT2D eigenvalue weighted by Gasteiger charge is -2.52. The minimum Gasteiger partial charge on any atom is -0.477 e. The number of nitrogens with one attached hydrogen (secondary N) is 2. The normalized spacial score (nSPS) is 47.1. The maximum atomic E-state index is 13.0. The summed E-state index contributed by atoms with van der Waals surface area (Å²) in [6, 6.07) is -3.47. The summed E-state index contributed by atoms with van der Waals surface area (Å²) in [4.78, 5) is 37.9. The molecule has 2 amide bonds. The number of rotatable bonds is 17. The van der Waals surface area contributed by atoms with Crippen molar-refractivity contribution in [1.82, 2.24) is 10.6 Å². The first kappa shape index (κ1) is 55.4. The summed E-state index contributed by atoms with van der Waals surface area (Å²) in [6.45, 7) is -1.01. The highest BCUT2D eigenvalue weighted by atomic mass is 16.8. The molecule has 30 nitrogen and oxygen atoms in total. The number of hydrogen-bond donors (Lipinski definition) is 18. The van der Waals surface area contributed by atoms with Crippen molar-refractivity contribution >= 4 is 17.8 Å². The molecule has 26 atom stereocenters.